The molecule has 0 amide bonds. The third-order valence-corrected chi connectivity index (χ3v) is 3.02. The maximum Gasteiger partial charge on any atom is 0.145 e. The van der Waals surface area contributed by atoms with Crippen LogP contribution in [0.15, 0.2) is 12.1 Å². The molecule has 1 aliphatic heterocycles. The molecule has 5 heteroatoms. The van der Waals surface area contributed by atoms with Crippen LogP contribution in [0.5, 0.6) is 0 Å². The van der Waals surface area contributed by atoms with Crippen LogP contribution in [0.1, 0.15) is 25.0 Å². The SMILES string of the molecule is CC[C@@H](OC[C@H]1CO1)c1cc(F)cc(F)c1Cl. The average molecular weight is 263 g/mol. The van der Waals surface area contributed by atoms with E-state index in [1.807, 2.05) is 6.92 Å². The van der Waals surface area contributed by atoms with Crippen LogP contribution >= 0.6 is 11.6 Å². The van der Waals surface area contributed by atoms with Crippen LogP contribution in [-0.4, -0.2) is 19.3 Å². The number of hydrogen-bond donors (Lipinski definition) is 0. The van der Waals surface area contributed by atoms with Gasteiger partial charge in [0.2, 0.25) is 0 Å². The van der Waals surface area contributed by atoms with Crippen molar-refractivity contribution in [3.63, 3.8) is 0 Å². The quantitative estimate of drug-likeness (QED) is 0.599. The van der Waals surface area contributed by atoms with Gasteiger partial charge in [-0.15, -0.1) is 0 Å². The summed E-state index contributed by atoms with van der Waals surface area (Å²) in [6.07, 6.45) is 0.299. The lowest BCUT2D eigenvalue weighted by molar-refractivity contribution is 0.0391. The largest absolute Gasteiger partial charge is 0.371 e. The van der Waals surface area contributed by atoms with Gasteiger partial charge < -0.3 is 9.47 Å². The van der Waals surface area contributed by atoms with Crippen molar-refractivity contribution in [3.05, 3.63) is 34.4 Å². The van der Waals surface area contributed by atoms with Crippen LogP contribution in [0.25, 0.3) is 0 Å². The molecule has 2 atom stereocenters. The molecule has 0 unspecified atom stereocenters. The minimum absolute atomic E-state index is 0.0741. The highest BCUT2D eigenvalue weighted by Gasteiger charge is 2.25. The highest BCUT2D eigenvalue weighted by atomic mass is 35.5. The van der Waals surface area contributed by atoms with Crippen LogP contribution in [0.4, 0.5) is 8.78 Å². The van der Waals surface area contributed by atoms with Crippen LogP contribution in [0.2, 0.25) is 5.02 Å². The van der Waals surface area contributed by atoms with Gasteiger partial charge in [0.05, 0.1) is 24.3 Å². The van der Waals surface area contributed by atoms with Crippen molar-refractivity contribution in [2.75, 3.05) is 13.2 Å². The van der Waals surface area contributed by atoms with Crippen molar-refractivity contribution in [3.8, 4) is 0 Å². The monoisotopic (exact) mass is 262 g/mol. The molecule has 0 aromatic heterocycles. The van der Waals surface area contributed by atoms with Gasteiger partial charge in [0.25, 0.3) is 0 Å². The predicted molar refractivity (Wildman–Crippen MR) is 60.1 cm³/mol. The lowest BCUT2D eigenvalue weighted by Gasteiger charge is -2.17. The summed E-state index contributed by atoms with van der Waals surface area (Å²) in [6, 6.07) is 1.98. The van der Waals surface area contributed by atoms with Gasteiger partial charge in [0.1, 0.15) is 17.7 Å². The number of hydrogen-bond acceptors (Lipinski definition) is 2. The number of ether oxygens (including phenoxy) is 2. The number of benzene rings is 1. The lowest BCUT2D eigenvalue weighted by Crippen LogP contribution is -2.09. The Hall–Kier alpha value is -0.710. The van der Waals surface area contributed by atoms with E-state index in [9.17, 15) is 8.78 Å². The standard InChI is InChI=1S/C12H13ClF2O2/c1-2-11(17-6-8-5-16-8)9-3-7(14)4-10(15)12(9)13/h3-4,8,11H,2,5-6H2,1H3/t8-,11-/m1/s1. The summed E-state index contributed by atoms with van der Waals surface area (Å²) in [6.45, 7) is 2.98. The molecule has 2 rings (SSSR count). The Balaban J connectivity index is 2.16. The maximum absolute atomic E-state index is 13.3. The predicted octanol–water partition coefficient (Wildman–Crippen LogP) is 3.48. The topological polar surface area (TPSA) is 21.8 Å². The summed E-state index contributed by atoms with van der Waals surface area (Å²) in [4.78, 5) is 0. The summed E-state index contributed by atoms with van der Waals surface area (Å²) >= 11 is 5.82. The maximum atomic E-state index is 13.3. The van der Waals surface area contributed by atoms with Crippen molar-refractivity contribution in [1.82, 2.24) is 0 Å². The molecule has 0 spiro atoms. The molecule has 1 fully saturated rings. The van der Waals surface area contributed by atoms with Gasteiger partial charge in [-0.05, 0) is 12.5 Å². The van der Waals surface area contributed by atoms with Crippen LogP contribution in [-0.2, 0) is 9.47 Å². The van der Waals surface area contributed by atoms with Crippen molar-refractivity contribution >= 4 is 11.6 Å². The van der Waals surface area contributed by atoms with Gasteiger partial charge in [-0.3, -0.25) is 0 Å². The number of epoxide rings is 1. The molecule has 0 N–H and O–H groups in total. The zero-order valence-electron chi connectivity index (χ0n) is 9.38. The summed E-state index contributed by atoms with van der Waals surface area (Å²) in [5, 5.41) is -0.0741. The van der Waals surface area contributed by atoms with Crippen molar-refractivity contribution in [2.24, 2.45) is 0 Å². The second-order valence-corrected chi connectivity index (χ2v) is 4.35. The highest BCUT2D eigenvalue weighted by Crippen LogP contribution is 2.31. The smallest absolute Gasteiger partial charge is 0.145 e. The minimum Gasteiger partial charge on any atom is -0.371 e. The fraction of sp³-hybridized carbons (Fsp3) is 0.500. The van der Waals surface area contributed by atoms with E-state index in [0.29, 0.717) is 25.2 Å². The molecule has 0 aliphatic carbocycles. The molecule has 1 aliphatic rings. The number of rotatable bonds is 5. The molecule has 1 saturated heterocycles. The summed E-state index contributed by atoms with van der Waals surface area (Å²) in [5.41, 5.74) is 0.354. The molecule has 0 saturated carbocycles. The molecule has 1 aromatic rings. The van der Waals surface area contributed by atoms with Crippen molar-refractivity contribution in [2.45, 2.75) is 25.6 Å². The minimum atomic E-state index is -0.758. The lowest BCUT2D eigenvalue weighted by atomic mass is 10.1. The summed E-state index contributed by atoms with van der Waals surface area (Å²) < 4.78 is 37.0. The van der Waals surface area contributed by atoms with Crippen LogP contribution in [0, 0.1) is 11.6 Å². The molecular weight excluding hydrogens is 250 g/mol. The fourth-order valence-electron chi connectivity index (χ4n) is 1.63. The van der Waals surface area contributed by atoms with Gasteiger partial charge in [0.15, 0.2) is 0 Å². The van der Waals surface area contributed by atoms with E-state index in [1.165, 1.54) is 6.07 Å². The summed E-state index contributed by atoms with van der Waals surface area (Å²) in [5.74, 6) is -1.40. The van der Waals surface area contributed by atoms with Gasteiger partial charge in [-0.2, -0.15) is 0 Å². The third-order valence-electron chi connectivity index (χ3n) is 2.62. The van der Waals surface area contributed by atoms with E-state index in [2.05, 4.69) is 0 Å². The number of halogens is 3. The first kappa shape index (κ1) is 12.7. The van der Waals surface area contributed by atoms with Crippen molar-refractivity contribution in [1.29, 1.82) is 0 Å². The molecule has 0 bridgehead atoms. The molecule has 17 heavy (non-hydrogen) atoms. The highest BCUT2D eigenvalue weighted by molar-refractivity contribution is 6.31. The zero-order chi connectivity index (χ0) is 12.4. The summed E-state index contributed by atoms with van der Waals surface area (Å²) in [7, 11) is 0. The van der Waals surface area contributed by atoms with Crippen molar-refractivity contribution < 1.29 is 18.3 Å². The Morgan fingerprint density at radius 3 is 2.82 bits per heavy atom. The molecule has 94 valence electrons. The Labute approximate surface area is 103 Å². The van der Waals surface area contributed by atoms with E-state index in [0.717, 1.165) is 6.07 Å². The normalized spacial score (nSPS) is 20.4. The first-order chi connectivity index (χ1) is 8.11. The molecular formula is C12H13ClF2O2. The van der Waals surface area contributed by atoms with Gasteiger partial charge >= 0.3 is 0 Å². The Morgan fingerprint density at radius 2 is 2.24 bits per heavy atom. The molecule has 2 nitrogen and oxygen atoms in total. The average Bonchev–Trinajstić information content (AvgIpc) is 3.09. The van der Waals surface area contributed by atoms with Crippen LogP contribution in [0.3, 0.4) is 0 Å². The fourth-order valence-corrected chi connectivity index (χ4v) is 1.86. The molecule has 1 heterocycles. The van der Waals surface area contributed by atoms with Crippen LogP contribution < -0.4 is 0 Å². The Kier molecular flexibility index (Phi) is 3.97. The third kappa shape index (κ3) is 3.15. The van der Waals surface area contributed by atoms with E-state index in [1.54, 1.807) is 0 Å². The van der Waals surface area contributed by atoms with E-state index in [4.69, 9.17) is 21.1 Å². The molecule has 1 aromatic carbocycles. The Morgan fingerprint density at radius 1 is 1.53 bits per heavy atom. The first-order valence-electron chi connectivity index (χ1n) is 5.49. The first-order valence-corrected chi connectivity index (χ1v) is 5.87. The zero-order valence-corrected chi connectivity index (χ0v) is 10.1. The molecule has 0 radical (unpaired) electrons. The van der Waals surface area contributed by atoms with E-state index < -0.39 is 17.7 Å². The van der Waals surface area contributed by atoms with E-state index >= 15 is 0 Å². The second-order valence-electron chi connectivity index (χ2n) is 3.98. The van der Waals surface area contributed by atoms with E-state index in [-0.39, 0.29) is 11.1 Å². The second kappa shape index (κ2) is 5.29. The van der Waals surface area contributed by atoms with Gasteiger partial charge in [-0.1, -0.05) is 18.5 Å². The van der Waals surface area contributed by atoms with Gasteiger partial charge in [-0.25, -0.2) is 8.78 Å². The van der Waals surface area contributed by atoms with Gasteiger partial charge in [0, 0.05) is 11.6 Å². The Bertz CT molecular complexity index is 408.